The molecule has 1 amide bonds. The molecule has 30 heavy (non-hydrogen) atoms. The Balaban J connectivity index is 1.88. The summed E-state index contributed by atoms with van der Waals surface area (Å²) in [5.41, 5.74) is 5.86. The Morgan fingerprint density at radius 1 is 1.00 bits per heavy atom. The summed E-state index contributed by atoms with van der Waals surface area (Å²) >= 11 is 0. The van der Waals surface area contributed by atoms with Gasteiger partial charge >= 0.3 is 0 Å². The van der Waals surface area contributed by atoms with Gasteiger partial charge in [0.25, 0.3) is 15.9 Å². The first kappa shape index (κ1) is 22.0. The SMILES string of the molecule is Cc1ccc(N(CC(=O)NN=C2CCCCCC2)S(=O)(=O)c2ccccc2)c(C)c1. The smallest absolute Gasteiger partial charge is 0.264 e. The Labute approximate surface area is 179 Å². The lowest BCUT2D eigenvalue weighted by molar-refractivity contribution is -0.119. The largest absolute Gasteiger partial charge is 0.271 e. The predicted octanol–water partition coefficient (Wildman–Crippen LogP) is 4.33. The van der Waals surface area contributed by atoms with E-state index in [4.69, 9.17) is 0 Å². The Kier molecular flexibility index (Phi) is 7.26. The molecule has 0 bridgehead atoms. The minimum atomic E-state index is -3.91. The Morgan fingerprint density at radius 2 is 1.67 bits per heavy atom. The van der Waals surface area contributed by atoms with Crippen LogP contribution < -0.4 is 9.73 Å². The molecule has 7 heteroatoms. The maximum atomic E-state index is 13.4. The highest BCUT2D eigenvalue weighted by molar-refractivity contribution is 7.92. The van der Waals surface area contributed by atoms with Crippen molar-refractivity contribution >= 4 is 27.3 Å². The van der Waals surface area contributed by atoms with Crippen LogP contribution in [0.5, 0.6) is 0 Å². The van der Waals surface area contributed by atoms with Crippen LogP contribution in [0, 0.1) is 13.8 Å². The summed E-state index contributed by atoms with van der Waals surface area (Å²) in [6.07, 6.45) is 6.27. The van der Waals surface area contributed by atoms with Gasteiger partial charge < -0.3 is 0 Å². The molecule has 2 aromatic carbocycles. The molecular weight excluding hydrogens is 398 g/mol. The number of sulfonamides is 1. The number of carbonyl (C=O) groups is 1. The number of anilines is 1. The normalized spacial score (nSPS) is 14.7. The van der Waals surface area contributed by atoms with Crippen molar-refractivity contribution in [2.45, 2.75) is 57.3 Å². The van der Waals surface area contributed by atoms with Crippen LogP contribution in [0.1, 0.15) is 49.7 Å². The van der Waals surface area contributed by atoms with Crippen LogP contribution in [0.2, 0.25) is 0 Å². The van der Waals surface area contributed by atoms with E-state index in [1.54, 1.807) is 24.3 Å². The van der Waals surface area contributed by atoms with Crippen molar-refractivity contribution in [3.8, 4) is 0 Å². The van der Waals surface area contributed by atoms with E-state index in [0.717, 1.165) is 42.5 Å². The van der Waals surface area contributed by atoms with Crippen LogP contribution in [0.3, 0.4) is 0 Å². The predicted molar refractivity (Wildman–Crippen MR) is 120 cm³/mol. The molecule has 0 atom stereocenters. The molecule has 2 aromatic rings. The maximum absolute atomic E-state index is 13.4. The average Bonchev–Trinajstić information content (AvgIpc) is 3.00. The molecule has 0 spiro atoms. The minimum absolute atomic E-state index is 0.146. The van der Waals surface area contributed by atoms with E-state index < -0.39 is 15.9 Å². The van der Waals surface area contributed by atoms with Gasteiger partial charge in [-0.05, 0) is 63.3 Å². The van der Waals surface area contributed by atoms with Gasteiger partial charge in [-0.25, -0.2) is 13.8 Å². The third kappa shape index (κ3) is 5.48. The second-order valence-electron chi connectivity index (χ2n) is 7.74. The van der Waals surface area contributed by atoms with Crippen LogP contribution in [-0.4, -0.2) is 26.6 Å². The zero-order chi connectivity index (χ0) is 21.6. The first-order chi connectivity index (χ1) is 14.4. The Hall–Kier alpha value is -2.67. The van der Waals surface area contributed by atoms with Gasteiger partial charge in [-0.3, -0.25) is 9.10 Å². The number of amides is 1. The third-order valence-electron chi connectivity index (χ3n) is 5.26. The van der Waals surface area contributed by atoms with Gasteiger partial charge in [0.15, 0.2) is 0 Å². The van der Waals surface area contributed by atoms with Gasteiger partial charge in [-0.1, -0.05) is 48.7 Å². The fourth-order valence-corrected chi connectivity index (χ4v) is 5.17. The molecule has 160 valence electrons. The van der Waals surface area contributed by atoms with Gasteiger partial charge in [0.05, 0.1) is 10.6 Å². The standard InChI is InChI=1S/C23H29N3O3S/c1-18-14-15-22(19(2)16-18)26(30(28,29)21-12-8-5-9-13-21)17-23(27)25-24-20-10-6-3-4-7-11-20/h5,8-9,12-16H,3-4,6-7,10-11,17H2,1-2H3,(H,25,27). The minimum Gasteiger partial charge on any atom is -0.271 e. The third-order valence-corrected chi connectivity index (χ3v) is 7.03. The van der Waals surface area contributed by atoms with Crippen LogP contribution in [0.25, 0.3) is 0 Å². The molecule has 0 aliphatic heterocycles. The van der Waals surface area contributed by atoms with E-state index in [1.807, 2.05) is 26.0 Å². The van der Waals surface area contributed by atoms with Crippen molar-refractivity contribution in [3.63, 3.8) is 0 Å². The lowest BCUT2D eigenvalue weighted by Gasteiger charge is -2.25. The van der Waals surface area contributed by atoms with Gasteiger partial charge in [0.1, 0.15) is 6.54 Å². The van der Waals surface area contributed by atoms with Crippen LogP contribution in [-0.2, 0) is 14.8 Å². The van der Waals surface area contributed by atoms with Gasteiger partial charge in [-0.15, -0.1) is 0 Å². The summed E-state index contributed by atoms with van der Waals surface area (Å²) in [6.45, 7) is 3.46. The van der Waals surface area contributed by atoms with E-state index >= 15 is 0 Å². The van der Waals surface area contributed by atoms with Crippen molar-refractivity contribution in [2.24, 2.45) is 5.10 Å². The summed E-state index contributed by atoms with van der Waals surface area (Å²) in [5, 5.41) is 4.28. The highest BCUT2D eigenvalue weighted by Gasteiger charge is 2.28. The van der Waals surface area contributed by atoms with E-state index in [1.165, 1.54) is 29.3 Å². The molecule has 1 aliphatic rings. The van der Waals surface area contributed by atoms with E-state index in [9.17, 15) is 13.2 Å². The molecule has 3 rings (SSSR count). The first-order valence-electron chi connectivity index (χ1n) is 10.4. The van der Waals surface area contributed by atoms with Crippen molar-refractivity contribution in [1.82, 2.24) is 5.43 Å². The summed E-state index contributed by atoms with van der Waals surface area (Å²) < 4.78 is 27.9. The fourth-order valence-electron chi connectivity index (χ4n) is 3.66. The molecule has 1 aliphatic carbocycles. The summed E-state index contributed by atoms with van der Waals surface area (Å²) in [5.74, 6) is -0.453. The van der Waals surface area contributed by atoms with Crippen molar-refractivity contribution in [2.75, 3.05) is 10.8 Å². The van der Waals surface area contributed by atoms with Crippen LogP contribution in [0.4, 0.5) is 5.69 Å². The Bertz CT molecular complexity index is 1010. The number of benzene rings is 2. The molecule has 0 aromatic heterocycles. The first-order valence-corrected chi connectivity index (χ1v) is 11.8. The molecule has 0 unspecified atom stereocenters. The summed E-state index contributed by atoms with van der Waals surface area (Å²) in [7, 11) is -3.91. The number of aryl methyl sites for hydroxylation is 2. The highest BCUT2D eigenvalue weighted by Crippen LogP contribution is 2.27. The number of hydrogen-bond donors (Lipinski definition) is 1. The van der Waals surface area contributed by atoms with Crippen LogP contribution >= 0.6 is 0 Å². The molecule has 1 fully saturated rings. The Morgan fingerprint density at radius 3 is 2.30 bits per heavy atom. The molecule has 1 N–H and O–H groups in total. The number of nitrogens with one attached hydrogen (secondary N) is 1. The molecule has 0 heterocycles. The fraction of sp³-hybridized carbons (Fsp3) is 0.391. The van der Waals surface area contributed by atoms with E-state index in [-0.39, 0.29) is 11.4 Å². The summed E-state index contributed by atoms with van der Waals surface area (Å²) in [4.78, 5) is 12.8. The zero-order valence-corrected chi connectivity index (χ0v) is 18.4. The lowest BCUT2D eigenvalue weighted by Crippen LogP contribution is -2.40. The van der Waals surface area contributed by atoms with Crippen molar-refractivity contribution < 1.29 is 13.2 Å². The highest BCUT2D eigenvalue weighted by atomic mass is 32.2. The number of hydrogen-bond acceptors (Lipinski definition) is 4. The second-order valence-corrected chi connectivity index (χ2v) is 9.60. The molecule has 6 nitrogen and oxygen atoms in total. The van der Waals surface area contributed by atoms with E-state index in [0.29, 0.717) is 5.69 Å². The average molecular weight is 428 g/mol. The second kappa shape index (κ2) is 9.89. The molecule has 0 radical (unpaired) electrons. The number of rotatable bonds is 6. The topological polar surface area (TPSA) is 78.8 Å². The van der Waals surface area contributed by atoms with Gasteiger partial charge in [-0.2, -0.15) is 5.10 Å². The van der Waals surface area contributed by atoms with Crippen molar-refractivity contribution in [1.29, 1.82) is 0 Å². The quantitative estimate of drug-likeness (QED) is 0.551. The van der Waals surface area contributed by atoms with Gasteiger partial charge in [0.2, 0.25) is 0 Å². The molecule has 0 saturated heterocycles. The monoisotopic (exact) mass is 427 g/mol. The molecular formula is C23H29N3O3S. The molecule has 1 saturated carbocycles. The van der Waals surface area contributed by atoms with Crippen molar-refractivity contribution in [3.05, 3.63) is 59.7 Å². The van der Waals surface area contributed by atoms with Gasteiger partial charge in [0, 0.05) is 5.71 Å². The number of nitrogens with zero attached hydrogens (tertiary/aromatic N) is 2. The van der Waals surface area contributed by atoms with Crippen LogP contribution in [0.15, 0.2) is 58.5 Å². The number of hydrazone groups is 1. The summed E-state index contributed by atoms with van der Waals surface area (Å²) in [6, 6.07) is 13.7. The lowest BCUT2D eigenvalue weighted by atomic mass is 10.1. The maximum Gasteiger partial charge on any atom is 0.264 e. The van der Waals surface area contributed by atoms with E-state index in [2.05, 4.69) is 10.5 Å². The zero-order valence-electron chi connectivity index (χ0n) is 17.6. The number of carbonyl (C=O) groups excluding carboxylic acids is 1.